The Kier molecular flexibility index (Phi) is 11.9. The molecule has 4 nitrogen and oxygen atoms in total. The molecule has 1 aromatic carbocycles. The van der Waals surface area contributed by atoms with Crippen LogP contribution in [0.25, 0.3) is 11.3 Å². The standard InChI is InChI=1S/C26H40N2O2/c1-4-6-7-8-9-10-11-12-13-20-29-24-16-14-23(15-17-24)25-18-19-26(28-27-25)30-21-22(3)5-2/h14-19,22H,4-13,20-21H2,1-3H3. The Labute approximate surface area is 183 Å². The maximum absolute atomic E-state index is 5.88. The minimum absolute atomic E-state index is 0.523. The summed E-state index contributed by atoms with van der Waals surface area (Å²) in [4.78, 5) is 0. The van der Waals surface area contributed by atoms with E-state index in [1.54, 1.807) is 0 Å². The Hall–Kier alpha value is -2.10. The molecule has 0 bridgehead atoms. The second-order valence-electron chi connectivity index (χ2n) is 8.28. The Morgan fingerprint density at radius 1 is 0.733 bits per heavy atom. The number of hydrogen-bond acceptors (Lipinski definition) is 4. The van der Waals surface area contributed by atoms with E-state index in [9.17, 15) is 0 Å². The van der Waals surface area contributed by atoms with Crippen molar-refractivity contribution in [2.45, 2.75) is 85.0 Å². The second kappa shape index (κ2) is 14.8. The van der Waals surface area contributed by atoms with E-state index < -0.39 is 0 Å². The maximum Gasteiger partial charge on any atom is 0.233 e. The summed E-state index contributed by atoms with van der Waals surface area (Å²) in [7, 11) is 0. The third-order valence-electron chi connectivity index (χ3n) is 5.52. The summed E-state index contributed by atoms with van der Waals surface area (Å²) in [5, 5.41) is 8.48. The Morgan fingerprint density at radius 2 is 1.40 bits per heavy atom. The fourth-order valence-corrected chi connectivity index (χ4v) is 3.22. The van der Waals surface area contributed by atoms with Crippen LogP contribution >= 0.6 is 0 Å². The van der Waals surface area contributed by atoms with E-state index in [2.05, 4.69) is 31.0 Å². The highest BCUT2D eigenvalue weighted by Gasteiger charge is 2.05. The van der Waals surface area contributed by atoms with Crippen molar-refractivity contribution in [3.8, 4) is 22.9 Å². The van der Waals surface area contributed by atoms with Crippen molar-refractivity contribution in [2.24, 2.45) is 5.92 Å². The lowest BCUT2D eigenvalue weighted by Crippen LogP contribution is -2.08. The maximum atomic E-state index is 5.88. The molecule has 0 fully saturated rings. The molecule has 0 amide bonds. The predicted octanol–water partition coefficient (Wildman–Crippen LogP) is 7.48. The van der Waals surface area contributed by atoms with Gasteiger partial charge in [-0.3, -0.25) is 0 Å². The normalized spacial score (nSPS) is 12.0. The topological polar surface area (TPSA) is 44.2 Å². The molecule has 1 atom stereocenters. The van der Waals surface area contributed by atoms with Crippen LogP contribution in [0, 0.1) is 5.92 Å². The molecule has 1 aromatic heterocycles. The molecular weight excluding hydrogens is 372 g/mol. The summed E-state index contributed by atoms with van der Waals surface area (Å²) in [6, 6.07) is 11.9. The molecule has 0 saturated heterocycles. The first-order valence-electron chi connectivity index (χ1n) is 11.9. The number of nitrogens with zero attached hydrogens (tertiary/aromatic N) is 2. The molecule has 166 valence electrons. The molecule has 0 saturated carbocycles. The van der Waals surface area contributed by atoms with Crippen LogP contribution in [0.2, 0.25) is 0 Å². The Morgan fingerprint density at radius 3 is 2.00 bits per heavy atom. The third kappa shape index (κ3) is 9.60. The van der Waals surface area contributed by atoms with Gasteiger partial charge in [0.05, 0.1) is 18.9 Å². The molecule has 0 radical (unpaired) electrons. The van der Waals surface area contributed by atoms with Gasteiger partial charge in [0.15, 0.2) is 0 Å². The number of hydrogen-bond donors (Lipinski definition) is 0. The van der Waals surface area contributed by atoms with E-state index in [1.165, 1.54) is 51.4 Å². The van der Waals surface area contributed by atoms with Gasteiger partial charge >= 0.3 is 0 Å². The van der Waals surface area contributed by atoms with Gasteiger partial charge < -0.3 is 9.47 Å². The van der Waals surface area contributed by atoms with Crippen molar-refractivity contribution in [1.82, 2.24) is 10.2 Å². The zero-order chi connectivity index (χ0) is 21.4. The molecule has 4 heteroatoms. The SMILES string of the molecule is CCCCCCCCCCCOc1ccc(-c2ccc(OCC(C)CC)nn2)cc1. The largest absolute Gasteiger partial charge is 0.494 e. The summed E-state index contributed by atoms with van der Waals surface area (Å²) < 4.78 is 11.6. The molecule has 1 heterocycles. The van der Waals surface area contributed by atoms with Gasteiger partial charge in [-0.2, -0.15) is 0 Å². The van der Waals surface area contributed by atoms with Gasteiger partial charge in [0, 0.05) is 11.6 Å². The van der Waals surface area contributed by atoms with Gasteiger partial charge in [-0.05, 0) is 42.7 Å². The first kappa shape index (κ1) is 24.2. The average Bonchev–Trinajstić information content (AvgIpc) is 2.79. The minimum atomic E-state index is 0.523. The molecule has 0 aliphatic heterocycles. The van der Waals surface area contributed by atoms with Crippen molar-refractivity contribution in [1.29, 1.82) is 0 Å². The predicted molar refractivity (Wildman–Crippen MR) is 125 cm³/mol. The van der Waals surface area contributed by atoms with Gasteiger partial charge in [-0.25, -0.2) is 0 Å². The van der Waals surface area contributed by atoms with E-state index in [-0.39, 0.29) is 0 Å². The van der Waals surface area contributed by atoms with E-state index in [0.717, 1.165) is 36.5 Å². The molecule has 30 heavy (non-hydrogen) atoms. The molecule has 2 rings (SSSR count). The van der Waals surface area contributed by atoms with Crippen LogP contribution in [-0.4, -0.2) is 23.4 Å². The van der Waals surface area contributed by atoms with Crippen LogP contribution in [0.4, 0.5) is 0 Å². The summed E-state index contributed by atoms with van der Waals surface area (Å²) >= 11 is 0. The fraction of sp³-hybridized carbons (Fsp3) is 0.615. The van der Waals surface area contributed by atoms with Crippen LogP contribution < -0.4 is 9.47 Å². The summed E-state index contributed by atoms with van der Waals surface area (Å²) in [5.41, 5.74) is 1.88. The zero-order valence-electron chi connectivity index (χ0n) is 19.2. The molecular formula is C26H40N2O2. The summed E-state index contributed by atoms with van der Waals surface area (Å²) in [5.74, 6) is 2.02. The van der Waals surface area contributed by atoms with E-state index in [4.69, 9.17) is 9.47 Å². The van der Waals surface area contributed by atoms with Gasteiger partial charge in [0.2, 0.25) is 5.88 Å². The van der Waals surface area contributed by atoms with Gasteiger partial charge in [0.1, 0.15) is 5.75 Å². The number of ether oxygens (including phenoxy) is 2. The molecule has 0 aliphatic rings. The molecule has 0 aliphatic carbocycles. The quantitative estimate of drug-likeness (QED) is 0.268. The van der Waals surface area contributed by atoms with E-state index in [0.29, 0.717) is 18.4 Å². The Bertz CT molecular complexity index is 670. The van der Waals surface area contributed by atoms with E-state index in [1.807, 2.05) is 36.4 Å². The monoisotopic (exact) mass is 412 g/mol. The lowest BCUT2D eigenvalue weighted by Gasteiger charge is -2.10. The average molecular weight is 413 g/mol. The number of benzene rings is 1. The van der Waals surface area contributed by atoms with Crippen molar-refractivity contribution in [2.75, 3.05) is 13.2 Å². The molecule has 1 unspecified atom stereocenters. The van der Waals surface area contributed by atoms with Gasteiger partial charge in [0.25, 0.3) is 0 Å². The first-order valence-corrected chi connectivity index (χ1v) is 11.9. The highest BCUT2D eigenvalue weighted by Crippen LogP contribution is 2.22. The number of aromatic nitrogens is 2. The molecule has 2 aromatic rings. The molecule has 0 N–H and O–H groups in total. The zero-order valence-corrected chi connectivity index (χ0v) is 19.2. The van der Waals surface area contributed by atoms with Crippen LogP contribution in [0.1, 0.15) is 85.0 Å². The minimum Gasteiger partial charge on any atom is -0.494 e. The van der Waals surface area contributed by atoms with Crippen molar-refractivity contribution in [3.63, 3.8) is 0 Å². The summed E-state index contributed by atoms with van der Waals surface area (Å²) in [6.45, 7) is 8.06. The van der Waals surface area contributed by atoms with Crippen molar-refractivity contribution in [3.05, 3.63) is 36.4 Å². The third-order valence-corrected chi connectivity index (χ3v) is 5.52. The second-order valence-corrected chi connectivity index (χ2v) is 8.28. The smallest absolute Gasteiger partial charge is 0.233 e. The van der Waals surface area contributed by atoms with Crippen LogP contribution in [0.5, 0.6) is 11.6 Å². The lowest BCUT2D eigenvalue weighted by molar-refractivity contribution is 0.245. The molecule has 0 spiro atoms. The first-order chi connectivity index (χ1) is 14.7. The highest BCUT2D eigenvalue weighted by molar-refractivity contribution is 5.59. The fourth-order valence-electron chi connectivity index (χ4n) is 3.22. The van der Waals surface area contributed by atoms with E-state index >= 15 is 0 Å². The van der Waals surface area contributed by atoms with Crippen molar-refractivity contribution >= 4 is 0 Å². The Balaban J connectivity index is 1.64. The number of rotatable bonds is 16. The highest BCUT2D eigenvalue weighted by atomic mass is 16.5. The summed E-state index contributed by atoms with van der Waals surface area (Å²) in [6.07, 6.45) is 13.1. The van der Waals surface area contributed by atoms with Crippen LogP contribution in [0.15, 0.2) is 36.4 Å². The van der Waals surface area contributed by atoms with Gasteiger partial charge in [-0.15, -0.1) is 10.2 Å². The van der Waals surface area contributed by atoms with Crippen LogP contribution in [0.3, 0.4) is 0 Å². The van der Waals surface area contributed by atoms with Gasteiger partial charge in [-0.1, -0.05) is 78.6 Å². The van der Waals surface area contributed by atoms with Crippen LogP contribution in [-0.2, 0) is 0 Å². The van der Waals surface area contributed by atoms with Crippen molar-refractivity contribution < 1.29 is 9.47 Å². The number of unbranched alkanes of at least 4 members (excludes halogenated alkanes) is 8. The lowest BCUT2D eigenvalue weighted by atomic mass is 10.1.